The molecule has 70 valence electrons. The molecule has 2 aliphatic carbocycles. The molecule has 1 saturated carbocycles. The van der Waals surface area contributed by atoms with Crippen molar-refractivity contribution in [3.63, 3.8) is 0 Å². The molecule has 2 rings (SSSR count). The van der Waals surface area contributed by atoms with E-state index >= 15 is 0 Å². The fourth-order valence-corrected chi connectivity index (χ4v) is 1.63. The second kappa shape index (κ2) is 3.04. The van der Waals surface area contributed by atoms with Crippen LogP contribution in [0.3, 0.4) is 0 Å². The summed E-state index contributed by atoms with van der Waals surface area (Å²) in [6.45, 7) is 0. The van der Waals surface area contributed by atoms with Crippen molar-refractivity contribution in [2.75, 3.05) is 14.2 Å². The molecule has 0 aromatic heterocycles. The summed E-state index contributed by atoms with van der Waals surface area (Å²) in [5.74, 6) is 0.688. The number of ether oxygens (including phenoxy) is 2. The van der Waals surface area contributed by atoms with E-state index in [1.807, 2.05) is 6.08 Å². The molecule has 0 heterocycles. The molecule has 0 aliphatic heterocycles. The van der Waals surface area contributed by atoms with Crippen LogP contribution in [0, 0.1) is 0 Å². The molecule has 2 aliphatic rings. The van der Waals surface area contributed by atoms with E-state index < -0.39 is 0 Å². The van der Waals surface area contributed by atoms with Crippen LogP contribution in [0.25, 0.3) is 0 Å². The number of fused-ring (bicyclic) bond motifs is 1. The smallest absolute Gasteiger partial charge is 0.171 e. The van der Waals surface area contributed by atoms with E-state index in [0.29, 0.717) is 12.2 Å². The van der Waals surface area contributed by atoms with Crippen molar-refractivity contribution in [1.29, 1.82) is 0 Å². The first kappa shape index (κ1) is 8.57. The van der Waals surface area contributed by atoms with Crippen molar-refractivity contribution >= 4 is 0 Å². The summed E-state index contributed by atoms with van der Waals surface area (Å²) in [5, 5.41) is 9.38. The van der Waals surface area contributed by atoms with Crippen LogP contribution in [0.4, 0.5) is 0 Å². The van der Waals surface area contributed by atoms with Gasteiger partial charge in [-0.15, -0.1) is 0 Å². The lowest BCUT2D eigenvalue weighted by atomic mass is 9.80. The minimum Gasteiger partial charge on any atom is -0.490 e. The maximum Gasteiger partial charge on any atom is 0.171 e. The molecule has 2 atom stereocenters. The summed E-state index contributed by atoms with van der Waals surface area (Å²) in [5.41, 5.74) is 5.07. The molecule has 0 bridgehead atoms. The third-order valence-electron chi connectivity index (χ3n) is 2.44. The highest BCUT2D eigenvalue weighted by molar-refractivity contribution is 5.48. The molecule has 0 amide bonds. The zero-order valence-electron chi connectivity index (χ0n) is 7.70. The van der Waals surface area contributed by atoms with Gasteiger partial charge in [0.15, 0.2) is 5.76 Å². The number of aliphatic hydroxyl groups is 1. The number of methoxy groups -OCH3 is 2. The number of rotatable bonds is 2. The normalized spacial score (nSPS) is 30.8. The zero-order chi connectivity index (χ0) is 9.42. The topological polar surface area (TPSA) is 38.7 Å². The van der Waals surface area contributed by atoms with E-state index in [-0.39, 0.29) is 12.2 Å². The zero-order valence-corrected chi connectivity index (χ0v) is 7.70. The first-order valence-corrected chi connectivity index (χ1v) is 4.23. The molecule has 0 aromatic carbocycles. The second-order valence-electron chi connectivity index (χ2n) is 3.17. The standard InChI is InChI=1S/C10H12O3/c1-12-9-4-6-3-8(11)7(6)5-10(9)13-2/h5,8,10-11H,3H2,1-2H3/t8?,10-/m1/s1. The number of hydrogen-bond donors (Lipinski definition) is 1. The van der Waals surface area contributed by atoms with Crippen molar-refractivity contribution in [2.45, 2.75) is 18.6 Å². The molecule has 1 unspecified atom stereocenters. The van der Waals surface area contributed by atoms with E-state index in [1.165, 1.54) is 0 Å². The van der Waals surface area contributed by atoms with Crippen LogP contribution >= 0.6 is 0 Å². The molecule has 13 heavy (non-hydrogen) atoms. The van der Waals surface area contributed by atoms with Crippen LogP contribution in [0.2, 0.25) is 0 Å². The largest absolute Gasteiger partial charge is 0.490 e. The summed E-state index contributed by atoms with van der Waals surface area (Å²) >= 11 is 0. The molecule has 0 radical (unpaired) electrons. The van der Waals surface area contributed by atoms with Gasteiger partial charge in [-0.05, 0) is 11.6 Å². The maximum atomic E-state index is 9.38. The Labute approximate surface area is 77.0 Å². The van der Waals surface area contributed by atoms with Gasteiger partial charge < -0.3 is 14.6 Å². The Bertz CT molecular complexity index is 321. The maximum absolute atomic E-state index is 9.38. The molecule has 3 nitrogen and oxygen atoms in total. The van der Waals surface area contributed by atoms with Crippen LogP contribution in [-0.4, -0.2) is 31.5 Å². The van der Waals surface area contributed by atoms with Gasteiger partial charge >= 0.3 is 0 Å². The lowest BCUT2D eigenvalue weighted by Gasteiger charge is -2.31. The molecule has 1 fully saturated rings. The third-order valence-corrected chi connectivity index (χ3v) is 2.44. The van der Waals surface area contributed by atoms with Crippen LogP contribution in [0.1, 0.15) is 6.42 Å². The van der Waals surface area contributed by atoms with Gasteiger partial charge in [0.05, 0.1) is 13.2 Å². The van der Waals surface area contributed by atoms with Crippen molar-refractivity contribution in [2.24, 2.45) is 0 Å². The first-order chi connectivity index (χ1) is 6.26. The summed E-state index contributed by atoms with van der Waals surface area (Å²) in [4.78, 5) is 0. The number of aliphatic hydroxyl groups excluding tert-OH is 1. The van der Waals surface area contributed by atoms with Gasteiger partial charge in [0.1, 0.15) is 6.10 Å². The van der Waals surface area contributed by atoms with Crippen molar-refractivity contribution in [1.82, 2.24) is 0 Å². The minimum atomic E-state index is -0.335. The summed E-state index contributed by atoms with van der Waals surface area (Å²) in [7, 11) is 3.21. The highest BCUT2D eigenvalue weighted by atomic mass is 16.5. The van der Waals surface area contributed by atoms with Gasteiger partial charge in [-0.3, -0.25) is 0 Å². The van der Waals surface area contributed by atoms with Gasteiger partial charge in [0, 0.05) is 19.1 Å². The Morgan fingerprint density at radius 2 is 2.31 bits per heavy atom. The Morgan fingerprint density at radius 3 is 2.85 bits per heavy atom. The Hall–Kier alpha value is -1.02. The van der Waals surface area contributed by atoms with Crippen LogP contribution in [-0.2, 0) is 9.47 Å². The van der Waals surface area contributed by atoms with Gasteiger partial charge in [-0.25, -0.2) is 0 Å². The molecule has 0 saturated heterocycles. The highest BCUT2D eigenvalue weighted by Gasteiger charge is 2.32. The van der Waals surface area contributed by atoms with Crippen molar-refractivity contribution in [3.8, 4) is 0 Å². The lowest BCUT2D eigenvalue weighted by molar-refractivity contribution is 0.104. The van der Waals surface area contributed by atoms with E-state index in [4.69, 9.17) is 9.47 Å². The molecule has 0 spiro atoms. The van der Waals surface area contributed by atoms with Crippen LogP contribution < -0.4 is 0 Å². The van der Waals surface area contributed by atoms with Gasteiger partial charge in [-0.1, -0.05) is 5.73 Å². The third kappa shape index (κ3) is 1.22. The number of hydrogen-bond acceptors (Lipinski definition) is 3. The average Bonchev–Trinajstić information content (AvgIpc) is 2.15. The Kier molecular flexibility index (Phi) is 2.00. The summed E-state index contributed by atoms with van der Waals surface area (Å²) in [6, 6.07) is 0. The second-order valence-corrected chi connectivity index (χ2v) is 3.17. The van der Waals surface area contributed by atoms with Gasteiger partial charge in [0.2, 0.25) is 0 Å². The fourth-order valence-electron chi connectivity index (χ4n) is 1.63. The predicted molar refractivity (Wildman–Crippen MR) is 47.1 cm³/mol. The summed E-state index contributed by atoms with van der Waals surface area (Å²) < 4.78 is 10.3. The molecular weight excluding hydrogens is 168 g/mol. The Balaban J connectivity index is 2.36. The van der Waals surface area contributed by atoms with Crippen LogP contribution in [0.15, 0.2) is 28.7 Å². The van der Waals surface area contributed by atoms with E-state index in [1.54, 1.807) is 14.2 Å². The van der Waals surface area contributed by atoms with E-state index in [0.717, 1.165) is 11.1 Å². The van der Waals surface area contributed by atoms with Gasteiger partial charge in [0.25, 0.3) is 0 Å². The average molecular weight is 180 g/mol. The minimum absolute atomic E-state index is 0.196. The van der Waals surface area contributed by atoms with E-state index in [9.17, 15) is 5.11 Å². The Morgan fingerprint density at radius 1 is 1.54 bits per heavy atom. The molecule has 3 heteroatoms. The monoisotopic (exact) mass is 180 g/mol. The van der Waals surface area contributed by atoms with Crippen molar-refractivity contribution < 1.29 is 14.6 Å². The van der Waals surface area contributed by atoms with Gasteiger partial charge in [-0.2, -0.15) is 0 Å². The highest BCUT2D eigenvalue weighted by Crippen LogP contribution is 2.36. The van der Waals surface area contributed by atoms with Crippen LogP contribution in [0.5, 0.6) is 0 Å². The SMILES string of the molecule is COC1=C=C2CC(O)C2=C[C@H]1OC. The summed E-state index contributed by atoms with van der Waals surface area (Å²) in [6.07, 6.45) is 2.03. The molecule has 1 N–H and O–H groups in total. The molecular formula is C10H12O3. The predicted octanol–water partition coefficient (Wildman–Crippen LogP) is 0.762. The lowest BCUT2D eigenvalue weighted by Crippen LogP contribution is -2.29. The first-order valence-electron chi connectivity index (χ1n) is 4.23. The van der Waals surface area contributed by atoms with E-state index in [2.05, 4.69) is 5.73 Å². The quantitative estimate of drug-likeness (QED) is 0.638. The fraction of sp³-hybridized carbons (Fsp3) is 0.500. The van der Waals surface area contributed by atoms with Crippen molar-refractivity contribution in [3.05, 3.63) is 28.7 Å². The molecule has 0 aromatic rings.